The van der Waals surface area contributed by atoms with Crippen LogP contribution in [0, 0.1) is 0 Å². The lowest BCUT2D eigenvalue weighted by molar-refractivity contribution is 0.143. The molecule has 1 aromatic heterocycles. The van der Waals surface area contributed by atoms with Crippen molar-refractivity contribution in [2.24, 2.45) is 0 Å². The van der Waals surface area contributed by atoms with Gasteiger partial charge >= 0.3 is 6.03 Å². The van der Waals surface area contributed by atoms with Crippen molar-refractivity contribution >= 4 is 22.6 Å². The van der Waals surface area contributed by atoms with Gasteiger partial charge in [0.05, 0.1) is 5.69 Å². The summed E-state index contributed by atoms with van der Waals surface area (Å²) in [4.78, 5) is 20.0. The first kappa shape index (κ1) is 15.7. The zero-order chi connectivity index (χ0) is 17.1. The fourth-order valence-electron chi connectivity index (χ4n) is 3.34. The van der Waals surface area contributed by atoms with Crippen LogP contribution in [0.4, 0.5) is 10.5 Å². The number of rotatable bonds is 3. The van der Waals surface area contributed by atoms with E-state index in [9.17, 15) is 4.79 Å². The minimum atomic E-state index is -0.0203. The number of aromatic amines is 1. The van der Waals surface area contributed by atoms with Gasteiger partial charge in [0.1, 0.15) is 0 Å². The monoisotopic (exact) mass is 334 g/mol. The molecule has 2 amide bonds. The Labute approximate surface area is 147 Å². The van der Waals surface area contributed by atoms with Crippen LogP contribution >= 0.6 is 0 Å². The predicted molar refractivity (Wildman–Crippen MR) is 101 cm³/mol. The molecule has 1 fully saturated rings. The first-order valence-corrected chi connectivity index (χ1v) is 8.68. The first-order chi connectivity index (χ1) is 12.3. The Morgan fingerprint density at radius 1 is 0.960 bits per heavy atom. The number of benzene rings is 2. The number of fused-ring (bicyclic) bond motifs is 1. The molecule has 1 aliphatic rings. The molecule has 2 aromatic carbocycles. The zero-order valence-electron chi connectivity index (χ0n) is 14.1. The first-order valence-electron chi connectivity index (χ1n) is 8.68. The number of carbonyl (C=O) groups excluding carboxylic acids is 1. The number of aromatic nitrogens is 1. The van der Waals surface area contributed by atoms with Crippen LogP contribution < -0.4 is 5.32 Å². The average Bonchev–Trinajstić information content (AvgIpc) is 3.13. The van der Waals surface area contributed by atoms with E-state index in [1.165, 1.54) is 5.56 Å². The molecule has 5 nitrogen and oxygen atoms in total. The van der Waals surface area contributed by atoms with Crippen molar-refractivity contribution in [1.29, 1.82) is 0 Å². The highest BCUT2D eigenvalue weighted by Crippen LogP contribution is 2.22. The number of H-pyrrole nitrogens is 1. The van der Waals surface area contributed by atoms with Gasteiger partial charge in [-0.05, 0) is 23.8 Å². The lowest BCUT2D eigenvalue weighted by atomic mass is 10.2. The Morgan fingerprint density at radius 3 is 2.56 bits per heavy atom. The second-order valence-corrected chi connectivity index (χ2v) is 6.42. The molecule has 1 saturated heterocycles. The van der Waals surface area contributed by atoms with Gasteiger partial charge in [0, 0.05) is 49.8 Å². The van der Waals surface area contributed by atoms with Crippen LogP contribution in [0.2, 0.25) is 0 Å². The van der Waals surface area contributed by atoms with Crippen molar-refractivity contribution in [1.82, 2.24) is 14.8 Å². The number of anilines is 1. The Kier molecular flexibility index (Phi) is 4.39. The molecule has 0 spiro atoms. The molecule has 25 heavy (non-hydrogen) atoms. The van der Waals surface area contributed by atoms with Crippen molar-refractivity contribution in [2.45, 2.75) is 6.54 Å². The van der Waals surface area contributed by atoms with E-state index in [1.807, 2.05) is 41.4 Å². The molecule has 0 radical (unpaired) electrons. The number of nitrogens with one attached hydrogen (secondary N) is 2. The number of hydrogen-bond acceptors (Lipinski definition) is 2. The van der Waals surface area contributed by atoms with Crippen LogP contribution in [0.1, 0.15) is 5.56 Å². The summed E-state index contributed by atoms with van der Waals surface area (Å²) in [5.74, 6) is 0. The third-order valence-electron chi connectivity index (χ3n) is 4.75. The quantitative estimate of drug-likeness (QED) is 0.770. The lowest BCUT2D eigenvalue weighted by Gasteiger charge is -2.34. The number of carbonyl (C=O) groups is 1. The standard InChI is InChI=1S/C20H22N4O/c25-20(22-19-8-4-7-18-17(19)9-10-21-18)24-13-11-23(12-14-24)15-16-5-2-1-3-6-16/h1-10,21H,11-15H2,(H,22,25). The summed E-state index contributed by atoms with van der Waals surface area (Å²) in [5.41, 5.74) is 3.21. The van der Waals surface area contributed by atoms with Gasteiger partial charge in [-0.2, -0.15) is 0 Å². The molecule has 3 aromatic rings. The van der Waals surface area contributed by atoms with Gasteiger partial charge in [-0.1, -0.05) is 36.4 Å². The molecule has 2 N–H and O–H groups in total. The normalized spacial score (nSPS) is 15.4. The van der Waals surface area contributed by atoms with Crippen LogP contribution in [-0.2, 0) is 6.54 Å². The minimum absolute atomic E-state index is 0.0203. The van der Waals surface area contributed by atoms with Gasteiger partial charge in [0.15, 0.2) is 0 Å². The van der Waals surface area contributed by atoms with E-state index in [2.05, 4.69) is 39.5 Å². The van der Waals surface area contributed by atoms with Gasteiger partial charge in [-0.3, -0.25) is 4.90 Å². The van der Waals surface area contributed by atoms with E-state index in [4.69, 9.17) is 0 Å². The van der Waals surface area contributed by atoms with Gasteiger partial charge in [0.2, 0.25) is 0 Å². The molecule has 1 aliphatic heterocycles. The maximum atomic E-state index is 12.6. The molecular weight excluding hydrogens is 312 g/mol. The summed E-state index contributed by atoms with van der Waals surface area (Å²) in [6, 6.07) is 18.3. The van der Waals surface area contributed by atoms with Crippen molar-refractivity contribution in [3.63, 3.8) is 0 Å². The number of hydrogen-bond donors (Lipinski definition) is 2. The molecule has 5 heteroatoms. The lowest BCUT2D eigenvalue weighted by Crippen LogP contribution is -2.49. The number of nitrogens with zero attached hydrogens (tertiary/aromatic N) is 2. The van der Waals surface area contributed by atoms with Crippen molar-refractivity contribution in [3.8, 4) is 0 Å². The van der Waals surface area contributed by atoms with Crippen LogP contribution in [-0.4, -0.2) is 47.0 Å². The third kappa shape index (κ3) is 3.51. The number of piperazine rings is 1. The van der Waals surface area contributed by atoms with E-state index in [-0.39, 0.29) is 6.03 Å². The molecule has 4 rings (SSSR count). The summed E-state index contributed by atoms with van der Waals surface area (Å²) in [6.07, 6.45) is 1.89. The summed E-state index contributed by atoms with van der Waals surface area (Å²) >= 11 is 0. The highest BCUT2D eigenvalue weighted by Gasteiger charge is 2.21. The topological polar surface area (TPSA) is 51.4 Å². The third-order valence-corrected chi connectivity index (χ3v) is 4.75. The molecule has 0 atom stereocenters. The second kappa shape index (κ2) is 6.99. The van der Waals surface area contributed by atoms with Crippen LogP contribution in [0.25, 0.3) is 10.9 Å². The summed E-state index contributed by atoms with van der Waals surface area (Å²) in [7, 11) is 0. The van der Waals surface area contributed by atoms with E-state index >= 15 is 0 Å². The van der Waals surface area contributed by atoms with E-state index in [0.717, 1.165) is 49.3 Å². The Morgan fingerprint density at radius 2 is 1.76 bits per heavy atom. The minimum Gasteiger partial charge on any atom is -0.361 e. The van der Waals surface area contributed by atoms with Crippen LogP contribution in [0.3, 0.4) is 0 Å². The average molecular weight is 334 g/mol. The summed E-state index contributed by atoms with van der Waals surface area (Å²) in [5, 5.41) is 4.09. The van der Waals surface area contributed by atoms with Crippen LogP contribution in [0.15, 0.2) is 60.8 Å². The maximum Gasteiger partial charge on any atom is 0.321 e. The van der Waals surface area contributed by atoms with Crippen molar-refractivity contribution in [2.75, 3.05) is 31.5 Å². The van der Waals surface area contributed by atoms with E-state index < -0.39 is 0 Å². The molecule has 2 heterocycles. The Hall–Kier alpha value is -2.79. The molecule has 0 bridgehead atoms. The molecular formula is C20H22N4O. The largest absolute Gasteiger partial charge is 0.361 e. The smallest absolute Gasteiger partial charge is 0.321 e. The summed E-state index contributed by atoms with van der Waals surface area (Å²) in [6.45, 7) is 4.25. The predicted octanol–water partition coefficient (Wildman–Crippen LogP) is 3.52. The zero-order valence-corrected chi connectivity index (χ0v) is 14.1. The fourth-order valence-corrected chi connectivity index (χ4v) is 3.34. The fraction of sp³-hybridized carbons (Fsp3) is 0.250. The van der Waals surface area contributed by atoms with E-state index in [0.29, 0.717) is 0 Å². The van der Waals surface area contributed by atoms with Crippen LogP contribution in [0.5, 0.6) is 0 Å². The maximum absolute atomic E-state index is 12.6. The van der Waals surface area contributed by atoms with E-state index in [1.54, 1.807) is 0 Å². The molecule has 0 saturated carbocycles. The number of urea groups is 1. The highest BCUT2D eigenvalue weighted by atomic mass is 16.2. The number of amides is 2. The van der Waals surface area contributed by atoms with Gasteiger partial charge in [-0.25, -0.2) is 4.79 Å². The Bertz CT molecular complexity index is 850. The molecule has 0 aliphatic carbocycles. The Balaban J connectivity index is 1.34. The SMILES string of the molecule is O=C(Nc1cccc2[nH]ccc12)N1CCN(Cc2ccccc2)CC1. The van der Waals surface area contributed by atoms with Crippen molar-refractivity contribution < 1.29 is 4.79 Å². The van der Waals surface area contributed by atoms with Gasteiger partial charge in [0.25, 0.3) is 0 Å². The second-order valence-electron chi connectivity index (χ2n) is 6.42. The van der Waals surface area contributed by atoms with Gasteiger partial charge in [-0.15, -0.1) is 0 Å². The van der Waals surface area contributed by atoms with Crippen molar-refractivity contribution in [3.05, 3.63) is 66.4 Å². The molecule has 128 valence electrons. The molecule has 0 unspecified atom stereocenters. The highest BCUT2D eigenvalue weighted by molar-refractivity contribution is 6.00. The van der Waals surface area contributed by atoms with Gasteiger partial charge < -0.3 is 15.2 Å². The summed E-state index contributed by atoms with van der Waals surface area (Å²) < 4.78 is 0.